The van der Waals surface area contributed by atoms with Gasteiger partial charge < -0.3 is 15.3 Å². The molecule has 102 valence electrons. The largest absolute Gasteiger partial charge is 0.411 e. The normalized spacial score (nSPS) is 23.4. The summed E-state index contributed by atoms with van der Waals surface area (Å²) in [5, 5.41) is 14.8. The molecule has 19 heavy (non-hydrogen) atoms. The average molecular weight is 262 g/mol. The van der Waals surface area contributed by atoms with E-state index in [-0.39, 0.29) is 17.9 Å². The first-order valence-corrected chi connectivity index (χ1v) is 6.33. The van der Waals surface area contributed by atoms with E-state index in [2.05, 4.69) is 10.5 Å². The molecule has 0 spiro atoms. The van der Waals surface area contributed by atoms with Crippen LogP contribution in [0.5, 0.6) is 0 Å². The quantitative estimate of drug-likeness (QED) is 0.498. The zero-order chi connectivity index (χ0) is 13.8. The van der Waals surface area contributed by atoms with Crippen LogP contribution in [0.25, 0.3) is 0 Å². The first-order valence-electron chi connectivity index (χ1n) is 6.33. The van der Waals surface area contributed by atoms with Gasteiger partial charge in [0.15, 0.2) is 0 Å². The highest BCUT2D eigenvalue weighted by molar-refractivity contribution is 6.00. The van der Waals surface area contributed by atoms with Gasteiger partial charge >= 0.3 is 0 Å². The van der Waals surface area contributed by atoms with Crippen LogP contribution >= 0.6 is 0 Å². The Morgan fingerprint density at radius 1 is 1.53 bits per heavy atom. The summed E-state index contributed by atoms with van der Waals surface area (Å²) in [7, 11) is 0. The van der Waals surface area contributed by atoms with E-state index < -0.39 is 0 Å². The van der Waals surface area contributed by atoms with Crippen molar-refractivity contribution in [3.8, 4) is 0 Å². The van der Waals surface area contributed by atoms with E-state index in [0.29, 0.717) is 18.0 Å². The van der Waals surface area contributed by atoms with Crippen LogP contribution in [-0.4, -0.2) is 29.5 Å². The molecule has 5 nitrogen and oxygen atoms in total. The highest BCUT2D eigenvalue weighted by Gasteiger charge is 2.30. The minimum absolute atomic E-state index is 0.0271. The summed E-state index contributed by atoms with van der Waals surface area (Å²) in [5.41, 5.74) is 1.98. The number of hydrogen-bond acceptors (Lipinski definition) is 4. The first-order chi connectivity index (χ1) is 9.11. The third-order valence-corrected chi connectivity index (χ3v) is 3.41. The minimum atomic E-state index is -0.101. The third-order valence-electron chi connectivity index (χ3n) is 3.41. The highest BCUT2D eigenvalue weighted by Crippen LogP contribution is 2.22. The summed E-state index contributed by atoms with van der Waals surface area (Å²) < 4.78 is 5.39. The SMILES string of the molecule is CC(=NO)c1cccc(NC(=O)C2CCOC2C)c1. The van der Waals surface area contributed by atoms with E-state index in [1.54, 1.807) is 13.0 Å². The molecular formula is C14H18N2O3. The molecule has 0 saturated carbocycles. The number of anilines is 1. The van der Waals surface area contributed by atoms with Crippen molar-refractivity contribution in [1.29, 1.82) is 0 Å². The lowest BCUT2D eigenvalue weighted by Crippen LogP contribution is -2.27. The van der Waals surface area contributed by atoms with Crippen molar-refractivity contribution in [2.75, 3.05) is 11.9 Å². The molecule has 2 rings (SSSR count). The maximum Gasteiger partial charge on any atom is 0.230 e. The van der Waals surface area contributed by atoms with Crippen LogP contribution in [0, 0.1) is 5.92 Å². The zero-order valence-corrected chi connectivity index (χ0v) is 11.1. The second-order valence-corrected chi connectivity index (χ2v) is 4.73. The number of hydrogen-bond donors (Lipinski definition) is 2. The van der Waals surface area contributed by atoms with Crippen molar-refractivity contribution in [3.63, 3.8) is 0 Å². The second kappa shape index (κ2) is 5.84. The summed E-state index contributed by atoms with van der Waals surface area (Å²) in [6.45, 7) is 4.25. The van der Waals surface area contributed by atoms with Crippen LogP contribution in [0.15, 0.2) is 29.4 Å². The van der Waals surface area contributed by atoms with Crippen molar-refractivity contribution in [1.82, 2.24) is 0 Å². The molecule has 1 aliphatic rings. The number of benzene rings is 1. The van der Waals surface area contributed by atoms with Gasteiger partial charge in [0.05, 0.1) is 17.7 Å². The predicted octanol–water partition coefficient (Wildman–Crippen LogP) is 2.25. The molecule has 1 aromatic carbocycles. The molecule has 0 bridgehead atoms. The smallest absolute Gasteiger partial charge is 0.230 e. The molecule has 1 heterocycles. The number of oxime groups is 1. The molecule has 0 aliphatic carbocycles. The van der Waals surface area contributed by atoms with Crippen LogP contribution < -0.4 is 5.32 Å². The van der Waals surface area contributed by atoms with Crippen LogP contribution in [0.1, 0.15) is 25.8 Å². The molecular weight excluding hydrogens is 244 g/mol. The van der Waals surface area contributed by atoms with Crippen molar-refractivity contribution in [3.05, 3.63) is 29.8 Å². The van der Waals surface area contributed by atoms with Crippen LogP contribution in [0.4, 0.5) is 5.69 Å². The van der Waals surface area contributed by atoms with Gasteiger partial charge in [0.25, 0.3) is 0 Å². The first kappa shape index (κ1) is 13.5. The predicted molar refractivity (Wildman–Crippen MR) is 72.6 cm³/mol. The number of carbonyl (C=O) groups is 1. The molecule has 2 atom stereocenters. The van der Waals surface area contributed by atoms with E-state index in [4.69, 9.17) is 9.94 Å². The number of nitrogens with one attached hydrogen (secondary N) is 1. The summed E-state index contributed by atoms with van der Waals surface area (Å²) in [5.74, 6) is -0.128. The average Bonchev–Trinajstić information content (AvgIpc) is 2.84. The summed E-state index contributed by atoms with van der Waals surface area (Å²) in [6, 6.07) is 7.24. The maximum atomic E-state index is 12.1. The molecule has 1 aliphatic heterocycles. The summed E-state index contributed by atoms with van der Waals surface area (Å²) >= 11 is 0. The van der Waals surface area contributed by atoms with Gasteiger partial charge in [-0.05, 0) is 32.4 Å². The minimum Gasteiger partial charge on any atom is -0.411 e. The Hall–Kier alpha value is -1.88. The fraction of sp³-hybridized carbons (Fsp3) is 0.429. The van der Waals surface area contributed by atoms with Gasteiger partial charge in [-0.2, -0.15) is 0 Å². The number of amides is 1. The van der Waals surface area contributed by atoms with Gasteiger partial charge in [0.1, 0.15) is 0 Å². The second-order valence-electron chi connectivity index (χ2n) is 4.73. The number of rotatable bonds is 3. The fourth-order valence-corrected chi connectivity index (χ4v) is 2.19. The van der Waals surface area contributed by atoms with Crippen LogP contribution in [0.2, 0.25) is 0 Å². The van der Waals surface area contributed by atoms with Gasteiger partial charge in [-0.1, -0.05) is 17.3 Å². The van der Waals surface area contributed by atoms with E-state index in [0.717, 1.165) is 12.0 Å². The van der Waals surface area contributed by atoms with Crippen molar-refractivity contribution in [2.24, 2.45) is 11.1 Å². The molecule has 1 saturated heterocycles. The lowest BCUT2D eigenvalue weighted by Gasteiger charge is -2.14. The molecule has 1 amide bonds. The number of ether oxygens (including phenoxy) is 1. The van der Waals surface area contributed by atoms with Gasteiger partial charge in [-0.25, -0.2) is 0 Å². The van der Waals surface area contributed by atoms with Gasteiger partial charge in [-0.15, -0.1) is 0 Å². The molecule has 2 N–H and O–H groups in total. The molecule has 0 aromatic heterocycles. The van der Waals surface area contributed by atoms with Crippen LogP contribution in [0.3, 0.4) is 0 Å². The Morgan fingerprint density at radius 2 is 2.32 bits per heavy atom. The Kier molecular flexibility index (Phi) is 4.16. The van der Waals surface area contributed by atoms with Crippen LogP contribution in [-0.2, 0) is 9.53 Å². The number of nitrogens with zero attached hydrogens (tertiary/aromatic N) is 1. The van der Waals surface area contributed by atoms with E-state index in [9.17, 15) is 4.79 Å². The zero-order valence-electron chi connectivity index (χ0n) is 11.1. The lowest BCUT2D eigenvalue weighted by molar-refractivity contribution is -0.121. The number of carbonyl (C=O) groups excluding carboxylic acids is 1. The Balaban J connectivity index is 2.09. The van der Waals surface area contributed by atoms with Crippen molar-refractivity contribution < 1.29 is 14.7 Å². The van der Waals surface area contributed by atoms with Gasteiger partial charge in [0, 0.05) is 17.9 Å². The molecule has 5 heteroatoms. The molecule has 1 aromatic rings. The Labute approximate surface area is 112 Å². The van der Waals surface area contributed by atoms with E-state index >= 15 is 0 Å². The summed E-state index contributed by atoms with van der Waals surface area (Å²) in [4.78, 5) is 12.1. The molecule has 1 fully saturated rings. The monoisotopic (exact) mass is 262 g/mol. The fourth-order valence-electron chi connectivity index (χ4n) is 2.19. The molecule has 0 radical (unpaired) electrons. The lowest BCUT2D eigenvalue weighted by atomic mass is 10.0. The third kappa shape index (κ3) is 3.12. The maximum absolute atomic E-state index is 12.1. The molecule has 2 unspecified atom stereocenters. The summed E-state index contributed by atoms with van der Waals surface area (Å²) in [6.07, 6.45) is 0.716. The van der Waals surface area contributed by atoms with Crippen molar-refractivity contribution >= 4 is 17.3 Å². The van der Waals surface area contributed by atoms with E-state index in [1.165, 1.54) is 0 Å². The Morgan fingerprint density at radius 3 is 2.95 bits per heavy atom. The standard InChI is InChI=1S/C14H18N2O3/c1-9(16-18)11-4-3-5-12(8-11)15-14(17)13-6-7-19-10(13)2/h3-5,8,10,13,18H,6-7H2,1-2H3,(H,15,17). The van der Waals surface area contributed by atoms with Gasteiger partial charge in [0.2, 0.25) is 5.91 Å². The van der Waals surface area contributed by atoms with E-state index in [1.807, 2.05) is 25.1 Å². The highest BCUT2D eigenvalue weighted by atomic mass is 16.5. The Bertz CT molecular complexity index is 499. The van der Waals surface area contributed by atoms with Crippen molar-refractivity contribution in [2.45, 2.75) is 26.4 Å². The topological polar surface area (TPSA) is 70.9 Å². The van der Waals surface area contributed by atoms with Gasteiger partial charge in [-0.3, -0.25) is 4.79 Å².